The Morgan fingerprint density at radius 3 is 3.16 bits per heavy atom. The van der Waals surface area contributed by atoms with Crippen molar-refractivity contribution in [2.75, 3.05) is 20.2 Å². The summed E-state index contributed by atoms with van der Waals surface area (Å²) in [6, 6.07) is 0. The molecule has 2 atom stereocenters. The smallest absolute Gasteiger partial charge is 0.160 e. The largest absolute Gasteiger partial charge is 0.367 e. The third-order valence-electron chi connectivity index (χ3n) is 4.44. The van der Waals surface area contributed by atoms with E-state index in [2.05, 4.69) is 17.2 Å². The molecule has 1 aromatic rings. The summed E-state index contributed by atoms with van der Waals surface area (Å²) in [5.41, 5.74) is 2.32. The molecule has 1 aliphatic heterocycles. The Kier molecular flexibility index (Phi) is 3.54. The molecular formula is C15H23N3O. The van der Waals surface area contributed by atoms with Gasteiger partial charge in [0.1, 0.15) is 5.60 Å². The predicted molar refractivity (Wildman–Crippen MR) is 74.0 cm³/mol. The average Bonchev–Trinajstić information content (AvgIpc) is 2.87. The molecule has 0 aromatic carbocycles. The normalized spacial score (nSPS) is 30.3. The molecular weight excluding hydrogens is 238 g/mol. The van der Waals surface area contributed by atoms with Gasteiger partial charge >= 0.3 is 0 Å². The highest BCUT2D eigenvalue weighted by atomic mass is 16.5. The summed E-state index contributed by atoms with van der Waals surface area (Å²) in [5.74, 6) is 1.61. The molecule has 1 aliphatic carbocycles. The number of nitrogens with zero attached hydrogens (tertiary/aromatic N) is 2. The summed E-state index contributed by atoms with van der Waals surface area (Å²) >= 11 is 0. The number of nitrogens with one attached hydrogen (secondary N) is 1. The number of ether oxygens (including phenoxy) is 1. The second kappa shape index (κ2) is 5.17. The van der Waals surface area contributed by atoms with Crippen molar-refractivity contribution in [3.05, 3.63) is 23.3 Å². The molecule has 4 nitrogen and oxygen atoms in total. The zero-order valence-electron chi connectivity index (χ0n) is 11.9. The molecule has 1 aromatic heterocycles. The summed E-state index contributed by atoms with van der Waals surface area (Å²) in [7, 11) is 2.02. The van der Waals surface area contributed by atoms with Crippen LogP contribution in [-0.2, 0) is 23.2 Å². The van der Waals surface area contributed by atoms with Crippen LogP contribution in [0.15, 0.2) is 6.20 Å². The van der Waals surface area contributed by atoms with Crippen LogP contribution in [0.2, 0.25) is 0 Å². The second-order valence-corrected chi connectivity index (χ2v) is 6.01. The van der Waals surface area contributed by atoms with Gasteiger partial charge in [-0.3, -0.25) is 0 Å². The first-order valence-electron chi connectivity index (χ1n) is 7.35. The fourth-order valence-electron chi connectivity index (χ4n) is 3.26. The van der Waals surface area contributed by atoms with E-state index in [-0.39, 0.29) is 5.60 Å². The lowest BCUT2D eigenvalue weighted by atomic mass is 9.87. The molecule has 0 saturated carbocycles. The molecule has 2 heterocycles. The van der Waals surface area contributed by atoms with Crippen molar-refractivity contribution in [3.63, 3.8) is 0 Å². The van der Waals surface area contributed by atoms with Gasteiger partial charge in [0.15, 0.2) is 5.82 Å². The van der Waals surface area contributed by atoms with Crippen LogP contribution in [0.4, 0.5) is 0 Å². The zero-order chi connectivity index (χ0) is 13.3. The minimum absolute atomic E-state index is 0.253. The molecule has 2 unspecified atom stereocenters. The van der Waals surface area contributed by atoms with Gasteiger partial charge in [-0.15, -0.1) is 0 Å². The molecule has 1 N–H and O–H groups in total. The van der Waals surface area contributed by atoms with E-state index in [9.17, 15) is 0 Å². The maximum absolute atomic E-state index is 5.84. The highest BCUT2D eigenvalue weighted by Crippen LogP contribution is 2.34. The SMILES string of the molecule is CNCC1CCc2nc(C3(C)CCCO3)ncc2C1. The van der Waals surface area contributed by atoms with E-state index in [0.29, 0.717) is 0 Å². The highest BCUT2D eigenvalue weighted by Gasteiger charge is 2.35. The van der Waals surface area contributed by atoms with Crippen LogP contribution in [0.3, 0.4) is 0 Å². The number of aryl methyl sites for hydroxylation is 1. The fourth-order valence-corrected chi connectivity index (χ4v) is 3.26. The van der Waals surface area contributed by atoms with Crippen LogP contribution in [0, 0.1) is 5.92 Å². The molecule has 4 heteroatoms. The van der Waals surface area contributed by atoms with E-state index in [0.717, 1.165) is 50.6 Å². The number of fused-ring (bicyclic) bond motifs is 1. The van der Waals surface area contributed by atoms with E-state index in [1.54, 1.807) is 0 Å². The third-order valence-corrected chi connectivity index (χ3v) is 4.44. The Bertz CT molecular complexity index is 455. The van der Waals surface area contributed by atoms with Gasteiger partial charge in [-0.2, -0.15) is 0 Å². The molecule has 3 rings (SSSR count). The van der Waals surface area contributed by atoms with Crippen molar-refractivity contribution in [2.45, 2.75) is 44.6 Å². The van der Waals surface area contributed by atoms with Gasteiger partial charge in [0.2, 0.25) is 0 Å². The maximum Gasteiger partial charge on any atom is 0.160 e. The van der Waals surface area contributed by atoms with Crippen molar-refractivity contribution < 1.29 is 4.74 Å². The van der Waals surface area contributed by atoms with Crippen molar-refractivity contribution in [1.29, 1.82) is 0 Å². The summed E-state index contributed by atoms with van der Waals surface area (Å²) in [6.07, 6.45) is 7.59. The lowest BCUT2D eigenvalue weighted by Gasteiger charge is -2.26. The summed E-state index contributed by atoms with van der Waals surface area (Å²) < 4.78 is 5.84. The number of hydrogen-bond donors (Lipinski definition) is 1. The van der Waals surface area contributed by atoms with Crippen LogP contribution in [0.25, 0.3) is 0 Å². The van der Waals surface area contributed by atoms with Crippen molar-refractivity contribution >= 4 is 0 Å². The monoisotopic (exact) mass is 261 g/mol. The Balaban J connectivity index is 1.81. The van der Waals surface area contributed by atoms with E-state index in [1.165, 1.54) is 17.7 Å². The Morgan fingerprint density at radius 1 is 1.53 bits per heavy atom. The minimum Gasteiger partial charge on any atom is -0.367 e. The van der Waals surface area contributed by atoms with Gasteiger partial charge in [-0.1, -0.05) is 0 Å². The Labute approximate surface area is 115 Å². The van der Waals surface area contributed by atoms with Gasteiger partial charge in [0.25, 0.3) is 0 Å². The third kappa shape index (κ3) is 2.51. The molecule has 2 aliphatic rings. The van der Waals surface area contributed by atoms with E-state index >= 15 is 0 Å². The van der Waals surface area contributed by atoms with Gasteiger partial charge < -0.3 is 10.1 Å². The van der Waals surface area contributed by atoms with Gasteiger partial charge in [0, 0.05) is 18.5 Å². The van der Waals surface area contributed by atoms with Crippen LogP contribution in [0.1, 0.15) is 43.3 Å². The van der Waals surface area contributed by atoms with Crippen LogP contribution in [-0.4, -0.2) is 30.2 Å². The fraction of sp³-hybridized carbons (Fsp3) is 0.733. The molecule has 104 valence electrons. The van der Waals surface area contributed by atoms with Crippen LogP contribution >= 0.6 is 0 Å². The Hall–Kier alpha value is -1.00. The van der Waals surface area contributed by atoms with E-state index in [4.69, 9.17) is 9.72 Å². The highest BCUT2D eigenvalue weighted by molar-refractivity contribution is 5.23. The summed E-state index contributed by atoms with van der Waals surface area (Å²) in [6.45, 7) is 4.04. The lowest BCUT2D eigenvalue weighted by Crippen LogP contribution is -2.28. The van der Waals surface area contributed by atoms with Gasteiger partial charge in [-0.25, -0.2) is 9.97 Å². The molecule has 1 saturated heterocycles. The molecule has 0 radical (unpaired) electrons. The molecule has 0 amide bonds. The lowest BCUT2D eigenvalue weighted by molar-refractivity contribution is 0.00904. The minimum atomic E-state index is -0.253. The van der Waals surface area contributed by atoms with Crippen LogP contribution < -0.4 is 5.32 Å². The molecule has 0 bridgehead atoms. The van der Waals surface area contributed by atoms with Crippen molar-refractivity contribution in [3.8, 4) is 0 Å². The van der Waals surface area contributed by atoms with Gasteiger partial charge in [0.05, 0.1) is 0 Å². The average molecular weight is 261 g/mol. The number of aromatic nitrogens is 2. The first-order valence-corrected chi connectivity index (χ1v) is 7.35. The first-order chi connectivity index (χ1) is 9.21. The molecule has 0 spiro atoms. The quantitative estimate of drug-likeness (QED) is 0.901. The van der Waals surface area contributed by atoms with Crippen molar-refractivity contribution in [1.82, 2.24) is 15.3 Å². The summed E-state index contributed by atoms with van der Waals surface area (Å²) in [4.78, 5) is 9.39. The first kappa shape index (κ1) is 13.0. The summed E-state index contributed by atoms with van der Waals surface area (Å²) in [5, 5.41) is 3.27. The van der Waals surface area contributed by atoms with Crippen molar-refractivity contribution in [2.24, 2.45) is 5.92 Å². The van der Waals surface area contributed by atoms with Gasteiger partial charge in [-0.05, 0) is 64.1 Å². The molecule has 19 heavy (non-hydrogen) atoms. The maximum atomic E-state index is 5.84. The number of rotatable bonds is 3. The second-order valence-electron chi connectivity index (χ2n) is 6.01. The van der Waals surface area contributed by atoms with Crippen LogP contribution in [0.5, 0.6) is 0 Å². The number of hydrogen-bond acceptors (Lipinski definition) is 4. The predicted octanol–water partition coefficient (Wildman–Crippen LogP) is 1.83. The topological polar surface area (TPSA) is 47.0 Å². The zero-order valence-corrected chi connectivity index (χ0v) is 11.9. The van der Waals surface area contributed by atoms with E-state index in [1.807, 2.05) is 13.2 Å². The van der Waals surface area contributed by atoms with E-state index < -0.39 is 0 Å². The Morgan fingerprint density at radius 2 is 2.42 bits per heavy atom. The standard InChI is InChI=1S/C15H23N3O/c1-15(6-3-7-19-15)14-17-10-12-8-11(9-16-2)4-5-13(12)18-14/h10-11,16H,3-9H2,1-2H3. The molecule has 1 fully saturated rings.